The number of aryl methyl sites for hydroxylation is 1. The highest BCUT2D eigenvalue weighted by Gasteiger charge is 2.22. The zero-order valence-electron chi connectivity index (χ0n) is 17.1. The number of anilines is 2. The van der Waals surface area contributed by atoms with Crippen molar-refractivity contribution in [2.45, 2.75) is 31.6 Å². The Morgan fingerprint density at radius 1 is 1.10 bits per heavy atom. The SMILES string of the molecule is Cc1nn(-c2ccccc2)c(C)c1SCC(=O)Nc1cccc(N2CCCC2=O)c1. The number of nitrogens with zero attached hydrogens (tertiary/aromatic N) is 3. The summed E-state index contributed by atoms with van der Waals surface area (Å²) in [5.74, 6) is 0.334. The molecule has 0 saturated carbocycles. The van der Waals surface area contributed by atoms with E-state index in [1.165, 1.54) is 11.8 Å². The van der Waals surface area contributed by atoms with E-state index < -0.39 is 0 Å². The van der Waals surface area contributed by atoms with Crippen LogP contribution in [0.1, 0.15) is 24.2 Å². The molecule has 154 valence electrons. The Morgan fingerprint density at radius 3 is 2.60 bits per heavy atom. The van der Waals surface area contributed by atoms with Crippen molar-refractivity contribution in [1.82, 2.24) is 9.78 Å². The molecular formula is C23H24N4O2S. The van der Waals surface area contributed by atoms with Gasteiger partial charge in [-0.3, -0.25) is 9.59 Å². The number of thioether (sulfide) groups is 1. The lowest BCUT2D eigenvalue weighted by Gasteiger charge is -2.16. The van der Waals surface area contributed by atoms with Crippen molar-refractivity contribution in [2.24, 2.45) is 0 Å². The molecule has 2 heterocycles. The van der Waals surface area contributed by atoms with Crippen molar-refractivity contribution in [2.75, 3.05) is 22.5 Å². The fourth-order valence-corrected chi connectivity index (χ4v) is 4.56. The number of carbonyl (C=O) groups is 2. The lowest BCUT2D eigenvalue weighted by molar-refractivity contribution is -0.117. The fourth-order valence-electron chi connectivity index (χ4n) is 3.67. The van der Waals surface area contributed by atoms with Crippen LogP contribution in [0.2, 0.25) is 0 Å². The third-order valence-corrected chi connectivity index (χ3v) is 6.37. The highest BCUT2D eigenvalue weighted by molar-refractivity contribution is 8.00. The second-order valence-corrected chi connectivity index (χ2v) is 8.27. The molecule has 30 heavy (non-hydrogen) atoms. The van der Waals surface area contributed by atoms with Crippen LogP contribution in [0, 0.1) is 13.8 Å². The quantitative estimate of drug-likeness (QED) is 0.602. The van der Waals surface area contributed by atoms with Gasteiger partial charge in [0.25, 0.3) is 0 Å². The van der Waals surface area contributed by atoms with Gasteiger partial charge in [0.2, 0.25) is 11.8 Å². The average Bonchev–Trinajstić information content (AvgIpc) is 3.30. The summed E-state index contributed by atoms with van der Waals surface area (Å²) in [5, 5.41) is 7.58. The van der Waals surface area contributed by atoms with Crippen LogP contribution in [0.4, 0.5) is 11.4 Å². The van der Waals surface area contributed by atoms with Crippen LogP contribution < -0.4 is 10.2 Å². The minimum atomic E-state index is -0.0869. The van der Waals surface area contributed by atoms with E-state index in [2.05, 4.69) is 10.4 Å². The Morgan fingerprint density at radius 2 is 1.87 bits per heavy atom. The number of amides is 2. The predicted octanol–water partition coefficient (Wildman–Crippen LogP) is 4.35. The molecule has 0 spiro atoms. The Labute approximate surface area is 180 Å². The molecule has 1 N–H and O–H groups in total. The lowest BCUT2D eigenvalue weighted by Crippen LogP contribution is -2.23. The van der Waals surface area contributed by atoms with Crippen molar-refractivity contribution in [1.29, 1.82) is 0 Å². The summed E-state index contributed by atoms with van der Waals surface area (Å²) in [6, 6.07) is 17.4. The molecule has 1 saturated heterocycles. The molecular weight excluding hydrogens is 396 g/mol. The van der Waals surface area contributed by atoms with Gasteiger partial charge in [-0.15, -0.1) is 11.8 Å². The molecule has 3 aromatic rings. The van der Waals surface area contributed by atoms with Gasteiger partial charge >= 0.3 is 0 Å². The molecule has 7 heteroatoms. The Kier molecular flexibility index (Phi) is 5.90. The van der Waals surface area contributed by atoms with Crippen molar-refractivity contribution < 1.29 is 9.59 Å². The first-order valence-electron chi connectivity index (χ1n) is 9.97. The summed E-state index contributed by atoms with van der Waals surface area (Å²) >= 11 is 1.49. The predicted molar refractivity (Wildman–Crippen MR) is 120 cm³/mol. The van der Waals surface area contributed by atoms with Gasteiger partial charge in [-0.05, 0) is 50.6 Å². The van der Waals surface area contributed by atoms with Crippen LogP contribution in [-0.2, 0) is 9.59 Å². The summed E-state index contributed by atoms with van der Waals surface area (Å²) in [6.07, 6.45) is 1.46. The van der Waals surface area contributed by atoms with Gasteiger partial charge in [0.15, 0.2) is 0 Å². The zero-order valence-corrected chi connectivity index (χ0v) is 17.9. The van der Waals surface area contributed by atoms with Crippen molar-refractivity contribution in [3.8, 4) is 5.69 Å². The lowest BCUT2D eigenvalue weighted by atomic mass is 10.2. The minimum Gasteiger partial charge on any atom is -0.325 e. The number of rotatable bonds is 6. The van der Waals surface area contributed by atoms with Crippen molar-refractivity contribution >= 4 is 35.0 Å². The van der Waals surface area contributed by atoms with E-state index in [0.29, 0.717) is 12.1 Å². The van der Waals surface area contributed by atoms with E-state index in [-0.39, 0.29) is 17.6 Å². The van der Waals surface area contributed by atoms with E-state index in [4.69, 9.17) is 0 Å². The number of benzene rings is 2. The topological polar surface area (TPSA) is 67.2 Å². The first kappa shape index (κ1) is 20.2. The molecule has 2 aromatic carbocycles. The standard InChI is InChI=1S/C23H24N4O2S/c1-16-23(17(2)27(25-16)19-9-4-3-5-10-19)30-15-21(28)24-18-8-6-11-20(14-18)26-13-7-12-22(26)29/h3-6,8-11,14H,7,12-13,15H2,1-2H3,(H,24,28). The molecule has 1 aromatic heterocycles. The van der Waals surface area contributed by atoms with Gasteiger partial charge in [0.1, 0.15) is 0 Å². The summed E-state index contributed by atoms with van der Waals surface area (Å²) in [4.78, 5) is 27.3. The summed E-state index contributed by atoms with van der Waals surface area (Å²) in [7, 11) is 0. The van der Waals surface area contributed by atoms with Gasteiger partial charge < -0.3 is 10.2 Å². The van der Waals surface area contributed by atoms with Gasteiger partial charge in [0.05, 0.1) is 27.7 Å². The first-order chi connectivity index (χ1) is 14.5. The van der Waals surface area contributed by atoms with Crippen LogP contribution in [0.25, 0.3) is 5.69 Å². The second-order valence-electron chi connectivity index (χ2n) is 7.28. The molecule has 0 unspecified atom stereocenters. The van der Waals surface area contributed by atoms with Crippen LogP contribution in [0.5, 0.6) is 0 Å². The fraction of sp³-hybridized carbons (Fsp3) is 0.261. The highest BCUT2D eigenvalue weighted by Crippen LogP contribution is 2.28. The van der Waals surface area contributed by atoms with Crippen LogP contribution in [0.3, 0.4) is 0 Å². The summed E-state index contributed by atoms with van der Waals surface area (Å²) in [5.41, 5.74) is 4.46. The maximum Gasteiger partial charge on any atom is 0.234 e. The van der Waals surface area contributed by atoms with Gasteiger partial charge in [-0.25, -0.2) is 4.68 Å². The summed E-state index contributed by atoms with van der Waals surface area (Å²) in [6.45, 7) is 4.71. The second kappa shape index (κ2) is 8.75. The number of hydrogen-bond donors (Lipinski definition) is 1. The monoisotopic (exact) mass is 420 g/mol. The molecule has 0 bridgehead atoms. The van der Waals surface area contributed by atoms with Crippen molar-refractivity contribution in [3.05, 3.63) is 66.0 Å². The van der Waals surface area contributed by atoms with E-state index in [9.17, 15) is 9.59 Å². The average molecular weight is 421 g/mol. The third-order valence-electron chi connectivity index (χ3n) is 5.09. The molecule has 0 atom stereocenters. The summed E-state index contributed by atoms with van der Waals surface area (Å²) < 4.78 is 1.91. The van der Waals surface area contributed by atoms with E-state index in [1.54, 1.807) is 4.90 Å². The van der Waals surface area contributed by atoms with Crippen LogP contribution >= 0.6 is 11.8 Å². The maximum atomic E-state index is 12.5. The van der Waals surface area contributed by atoms with Crippen LogP contribution in [0.15, 0.2) is 59.5 Å². The van der Waals surface area contributed by atoms with Crippen molar-refractivity contribution in [3.63, 3.8) is 0 Å². The number of nitrogens with one attached hydrogen (secondary N) is 1. The highest BCUT2D eigenvalue weighted by atomic mass is 32.2. The molecule has 0 radical (unpaired) electrons. The largest absolute Gasteiger partial charge is 0.325 e. The van der Waals surface area contributed by atoms with E-state index in [0.717, 1.165) is 40.6 Å². The molecule has 1 aliphatic heterocycles. The Bertz CT molecular complexity index is 1080. The molecule has 2 amide bonds. The number of hydrogen-bond acceptors (Lipinski definition) is 4. The smallest absolute Gasteiger partial charge is 0.234 e. The molecule has 1 fully saturated rings. The minimum absolute atomic E-state index is 0.0869. The molecule has 4 rings (SSSR count). The van der Waals surface area contributed by atoms with Crippen LogP contribution in [-0.4, -0.2) is 33.9 Å². The van der Waals surface area contributed by atoms with E-state index >= 15 is 0 Å². The molecule has 0 aliphatic carbocycles. The molecule has 6 nitrogen and oxygen atoms in total. The Balaban J connectivity index is 1.41. The Hall–Kier alpha value is -3.06. The van der Waals surface area contributed by atoms with E-state index in [1.807, 2.05) is 73.1 Å². The normalized spacial score (nSPS) is 13.7. The number of carbonyl (C=O) groups excluding carboxylic acids is 2. The van der Waals surface area contributed by atoms with Gasteiger partial charge in [-0.2, -0.15) is 5.10 Å². The number of para-hydroxylation sites is 1. The van der Waals surface area contributed by atoms with Gasteiger partial charge in [0, 0.05) is 24.3 Å². The first-order valence-corrected chi connectivity index (χ1v) is 11.0. The number of aromatic nitrogens is 2. The zero-order chi connectivity index (χ0) is 21.1. The van der Waals surface area contributed by atoms with Gasteiger partial charge in [-0.1, -0.05) is 24.3 Å². The molecule has 1 aliphatic rings. The maximum absolute atomic E-state index is 12.5. The third kappa shape index (κ3) is 4.26.